The molecular formula is C24H29N3O5. The van der Waals surface area contributed by atoms with Crippen molar-refractivity contribution in [3.8, 4) is 11.5 Å². The van der Waals surface area contributed by atoms with Crippen LogP contribution in [0.1, 0.15) is 54.6 Å². The molecule has 1 aliphatic heterocycles. The molecule has 1 saturated heterocycles. The van der Waals surface area contributed by atoms with Crippen molar-refractivity contribution >= 4 is 17.7 Å². The Morgan fingerprint density at radius 2 is 1.84 bits per heavy atom. The van der Waals surface area contributed by atoms with Crippen molar-refractivity contribution in [2.24, 2.45) is 5.92 Å². The number of para-hydroxylation sites is 1. The van der Waals surface area contributed by atoms with Gasteiger partial charge in [-0.1, -0.05) is 37.6 Å². The maximum absolute atomic E-state index is 13.1. The molecule has 2 aromatic rings. The zero-order valence-corrected chi connectivity index (χ0v) is 18.3. The number of piperidine rings is 1. The fraction of sp³-hybridized carbons (Fsp3) is 0.375. The van der Waals surface area contributed by atoms with Crippen LogP contribution >= 0.6 is 0 Å². The van der Waals surface area contributed by atoms with E-state index in [1.165, 1.54) is 12.1 Å². The third kappa shape index (κ3) is 5.19. The predicted molar refractivity (Wildman–Crippen MR) is 119 cm³/mol. The van der Waals surface area contributed by atoms with Gasteiger partial charge < -0.3 is 14.7 Å². The van der Waals surface area contributed by atoms with E-state index in [0.29, 0.717) is 18.7 Å². The minimum atomic E-state index is -0.618. The molecule has 2 atom stereocenters. The molecular weight excluding hydrogens is 410 g/mol. The van der Waals surface area contributed by atoms with E-state index < -0.39 is 17.9 Å². The minimum absolute atomic E-state index is 0.0153. The van der Waals surface area contributed by atoms with Crippen LogP contribution in [0.5, 0.6) is 11.5 Å². The van der Waals surface area contributed by atoms with E-state index in [0.717, 1.165) is 18.4 Å². The molecule has 8 nitrogen and oxygen atoms in total. The van der Waals surface area contributed by atoms with Crippen LogP contribution < -0.4 is 15.6 Å². The first-order valence-electron chi connectivity index (χ1n) is 10.8. The number of hydrogen-bond donors (Lipinski definition) is 3. The highest BCUT2D eigenvalue weighted by molar-refractivity contribution is 5.98. The molecule has 0 bridgehead atoms. The van der Waals surface area contributed by atoms with Gasteiger partial charge in [-0.25, -0.2) is 0 Å². The number of amides is 3. The Morgan fingerprint density at radius 3 is 2.50 bits per heavy atom. The summed E-state index contributed by atoms with van der Waals surface area (Å²) in [5.74, 6) is -1.02. The molecule has 3 N–H and O–H groups in total. The molecule has 170 valence electrons. The highest BCUT2D eigenvalue weighted by Crippen LogP contribution is 2.37. The van der Waals surface area contributed by atoms with Gasteiger partial charge in [-0.15, -0.1) is 0 Å². The number of benzene rings is 2. The lowest BCUT2D eigenvalue weighted by molar-refractivity contribution is -0.143. The van der Waals surface area contributed by atoms with Crippen molar-refractivity contribution in [2.75, 3.05) is 13.7 Å². The number of nitrogens with one attached hydrogen (secondary N) is 2. The van der Waals surface area contributed by atoms with Gasteiger partial charge in [0.1, 0.15) is 11.5 Å². The van der Waals surface area contributed by atoms with Crippen molar-refractivity contribution in [3.05, 3.63) is 59.7 Å². The maximum Gasteiger partial charge on any atom is 0.273 e. The molecule has 2 aromatic carbocycles. The van der Waals surface area contributed by atoms with E-state index in [1.807, 2.05) is 12.1 Å². The van der Waals surface area contributed by atoms with Gasteiger partial charge >= 0.3 is 0 Å². The van der Waals surface area contributed by atoms with Crippen LogP contribution in [0.3, 0.4) is 0 Å². The predicted octanol–water partition coefficient (Wildman–Crippen LogP) is 2.94. The van der Waals surface area contributed by atoms with E-state index in [-0.39, 0.29) is 29.5 Å². The number of carbonyl (C=O) groups is 3. The zero-order valence-electron chi connectivity index (χ0n) is 18.3. The number of likely N-dealkylation sites (tertiary alicyclic amines) is 1. The highest BCUT2D eigenvalue weighted by Gasteiger charge is 2.40. The molecule has 2 unspecified atom stereocenters. The SMILES string of the molecule is CCCCN1C(=O)CCC(C(=O)NNC(=O)c2ccccc2O)C1c1ccc(OC)cc1. The fourth-order valence-electron chi connectivity index (χ4n) is 3.98. The third-order valence-corrected chi connectivity index (χ3v) is 5.70. The average Bonchev–Trinajstić information content (AvgIpc) is 2.81. The smallest absolute Gasteiger partial charge is 0.273 e. The van der Waals surface area contributed by atoms with E-state index >= 15 is 0 Å². The average molecular weight is 440 g/mol. The molecule has 3 amide bonds. The van der Waals surface area contributed by atoms with E-state index in [4.69, 9.17) is 4.74 Å². The Kier molecular flexibility index (Phi) is 7.70. The summed E-state index contributed by atoms with van der Waals surface area (Å²) in [7, 11) is 1.58. The van der Waals surface area contributed by atoms with Crippen molar-refractivity contribution in [2.45, 2.75) is 38.6 Å². The van der Waals surface area contributed by atoms with Gasteiger partial charge in [0.25, 0.3) is 5.91 Å². The molecule has 0 aromatic heterocycles. The number of phenolic OH excluding ortho intramolecular Hbond substituents is 1. The first-order valence-corrected chi connectivity index (χ1v) is 10.8. The van der Waals surface area contributed by atoms with E-state index in [1.54, 1.807) is 36.3 Å². The minimum Gasteiger partial charge on any atom is -0.507 e. The number of phenols is 1. The van der Waals surface area contributed by atoms with Gasteiger partial charge in [0.15, 0.2) is 0 Å². The van der Waals surface area contributed by atoms with Crippen LogP contribution in [0, 0.1) is 5.92 Å². The summed E-state index contributed by atoms with van der Waals surface area (Å²) in [6.07, 6.45) is 2.39. The molecule has 8 heteroatoms. The largest absolute Gasteiger partial charge is 0.507 e. The van der Waals surface area contributed by atoms with Gasteiger partial charge in [-0.05, 0) is 42.7 Å². The standard InChI is InChI=1S/C24H29N3O5/c1-3-4-15-27-21(29)14-13-19(22(27)16-9-11-17(32-2)12-10-16)24(31)26-25-23(30)18-7-5-6-8-20(18)28/h5-12,19,22,28H,3-4,13-15H2,1-2H3,(H,25,30)(H,26,31). The van der Waals surface area contributed by atoms with Crippen LogP contribution in [0.15, 0.2) is 48.5 Å². The first-order chi connectivity index (χ1) is 15.5. The van der Waals surface area contributed by atoms with Gasteiger partial charge in [-0.3, -0.25) is 25.2 Å². The summed E-state index contributed by atoms with van der Waals surface area (Å²) in [5, 5.41) is 9.85. The second-order valence-corrected chi connectivity index (χ2v) is 7.76. The van der Waals surface area contributed by atoms with Gasteiger partial charge in [0, 0.05) is 13.0 Å². The number of aromatic hydroxyl groups is 1. The molecule has 1 heterocycles. The number of unbranched alkanes of at least 4 members (excludes halogenated alkanes) is 1. The Morgan fingerprint density at radius 1 is 1.12 bits per heavy atom. The van der Waals surface area contributed by atoms with Crippen LogP contribution in [-0.4, -0.2) is 41.4 Å². The molecule has 0 spiro atoms. The summed E-state index contributed by atoms with van der Waals surface area (Å²) in [5.41, 5.74) is 5.75. The lowest BCUT2D eigenvalue weighted by Gasteiger charge is -2.41. The normalized spacial score (nSPS) is 18.2. The first kappa shape index (κ1) is 23.1. The third-order valence-electron chi connectivity index (χ3n) is 5.70. The zero-order chi connectivity index (χ0) is 23.1. The number of hydrazine groups is 1. The van der Waals surface area contributed by atoms with E-state index in [2.05, 4.69) is 17.8 Å². The molecule has 1 fully saturated rings. The molecule has 32 heavy (non-hydrogen) atoms. The Bertz CT molecular complexity index is 960. The Hall–Kier alpha value is -3.55. The van der Waals surface area contributed by atoms with Crippen molar-refractivity contribution < 1.29 is 24.2 Å². The topological polar surface area (TPSA) is 108 Å². The monoisotopic (exact) mass is 439 g/mol. The van der Waals surface area contributed by atoms with Gasteiger partial charge in [0.05, 0.1) is 24.6 Å². The molecule has 0 aliphatic carbocycles. The molecule has 0 saturated carbocycles. The van der Waals surface area contributed by atoms with E-state index in [9.17, 15) is 19.5 Å². The van der Waals surface area contributed by atoms with Crippen molar-refractivity contribution in [1.29, 1.82) is 0 Å². The molecule has 1 aliphatic rings. The second-order valence-electron chi connectivity index (χ2n) is 7.76. The Labute approximate surface area is 187 Å². The summed E-state index contributed by atoms with van der Waals surface area (Å²) >= 11 is 0. The summed E-state index contributed by atoms with van der Waals surface area (Å²) < 4.78 is 5.23. The number of carbonyl (C=O) groups excluding carboxylic acids is 3. The second kappa shape index (κ2) is 10.7. The van der Waals surface area contributed by atoms with Crippen LogP contribution in [0.25, 0.3) is 0 Å². The van der Waals surface area contributed by atoms with Crippen LogP contribution in [-0.2, 0) is 9.59 Å². The molecule has 0 radical (unpaired) electrons. The number of methoxy groups -OCH3 is 1. The van der Waals surface area contributed by atoms with Gasteiger partial charge in [0.2, 0.25) is 11.8 Å². The summed E-state index contributed by atoms with van der Waals surface area (Å²) in [6, 6.07) is 13.0. The number of ether oxygens (including phenoxy) is 1. The van der Waals surface area contributed by atoms with Gasteiger partial charge in [-0.2, -0.15) is 0 Å². The summed E-state index contributed by atoms with van der Waals surface area (Å²) in [4.78, 5) is 40.0. The fourth-order valence-corrected chi connectivity index (χ4v) is 3.98. The maximum atomic E-state index is 13.1. The lowest BCUT2D eigenvalue weighted by atomic mass is 9.83. The lowest BCUT2D eigenvalue weighted by Crippen LogP contribution is -2.51. The summed E-state index contributed by atoms with van der Waals surface area (Å²) in [6.45, 7) is 2.61. The number of nitrogens with zero attached hydrogens (tertiary/aromatic N) is 1. The van der Waals surface area contributed by atoms with Crippen LogP contribution in [0.4, 0.5) is 0 Å². The van der Waals surface area contributed by atoms with Crippen molar-refractivity contribution in [1.82, 2.24) is 15.8 Å². The number of rotatable bonds is 7. The highest BCUT2D eigenvalue weighted by atomic mass is 16.5. The van der Waals surface area contributed by atoms with Crippen molar-refractivity contribution in [3.63, 3.8) is 0 Å². The molecule has 3 rings (SSSR count). The number of hydrogen-bond acceptors (Lipinski definition) is 5. The van der Waals surface area contributed by atoms with Crippen LogP contribution in [0.2, 0.25) is 0 Å². The quantitative estimate of drug-likeness (QED) is 0.575. The Balaban J connectivity index is 1.80.